The third-order valence-electron chi connectivity index (χ3n) is 2.43. The van der Waals surface area contributed by atoms with Gasteiger partial charge in [0.2, 0.25) is 4.70 Å². The van der Waals surface area contributed by atoms with Gasteiger partial charge in [0.25, 0.3) is 0 Å². The largest absolute Gasteiger partial charge is 0.587 e. The quantitative estimate of drug-likeness (QED) is 0.433. The van der Waals surface area contributed by atoms with Gasteiger partial charge in [-0.05, 0) is 6.44 Å². The molecule has 5 heteroatoms. The second-order valence-corrected chi connectivity index (χ2v) is 5.98. The Kier molecular flexibility index (Phi) is 2.62. The summed E-state index contributed by atoms with van der Waals surface area (Å²) in [6.45, 7) is 0. The Bertz CT molecular complexity index is 161. The Morgan fingerprint density at radius 1 is 1.27 bits per heavy atom. The van der Waals surface area contributed by atoms with E-state index in [0.717, 1.165) is 13.5 Å². The van der Waals surface area contributed by atoms with Crippen molar-refractivity contribution < 1.29 is 8.79 Å². The number of nitrogens with zero attached hydrogens (tertiary/aromatic N) is 2. The summed E-state index contributed by atoms with van der Waals surface area (Å²) in [6.07, 6.45) is 2.42. The van der Waals surface area contributed by atoms with Gasteiger partial charge < -0.3 is 8.79 Å². The zero-order chi connectivity index (χ0) is 8.70. The van der Waals surface area contributed by atoms with E-state index in [2.05, 4.69) is 58.0 Å². The van der Waals surface area contributed by atoms with Crippen LogP contribution in [0.2, 0.25) is 0 Å². The van der Waals surface area contributed by atoms with Gasteiger partial charge in [-0.15, -0.1) is 0 Å². The van der Waals surface area contributed by atoms with Gasteiger partial charge in [-0.25, -0.2) is 0 Å². The molecule has 1 aliphatic heterocycles. The van der Waals surface area contributed by atoms with Crippen molar-refractivity contribution >= 4 is 34.5 Å². The number of hydrogen-bond acceptors (Lipinski definition) is 0. The summed E-state index contributed by atoms with van der Waals surface area (Å²) in [5, 5.41) is 0. The second kappa shape index (κ2) is 2.92. The first kappa shape index (κ1) is 9.86. The highest BCUT2D eigenvalue weighted by molar-refractivity contribution is 14.1. The summed E-state index contributed by atoms with van der Waals surface area (Å²) in [4.78, 5) is 0. The fourth-order valence-corrected chi connectivity index (χ4v) is 2.47. The van der Waals surface area contributed by atoms with Crippen molar-refractivity contribution in [3.8, 4) is 0 Å². The lowest BCUT2D eigenvalue weighted by Crippen LogP contribution is -2.68. The third kappa shape index (κ3) is 2.36. The van der Waals surface area contributed by atoms with E-state index >= 15 is 0 Å². The lowest BCUT2D eigenvalue weighted by molar-refractivity contribution is -0.835. The monoisotopic (exact) mass is 265 g/mol. The predicted octanol–water partition coefficient (Wildman–Crippen LogP) is 0.192. The van der Waals surface area contributed by atoms with Crippen LogP contribution in [0.25, 0.3) is 0 Å². The summed E-state index contributed by atoms with van der Waals surface area (Å²) in [7, 11) is 11.5. The van der Waals surface area contributed by atoms with E-state index in [1.165, 1.54) is 12.9 Å². The average molecular weight is 265 g/mol. The van der Waals surface area contributed by atoms with Crippen molar-refractivity contribution in [3.05, 3.63) is 0 Å². The lowest BCUT2D eigenvalue weighted by atomic mass is 9.70. The smallest absolute Gasteiger partial charge is 0.248 e. The zero-order valence-corrected chi connectivity index (χ0v) is 10.00. The minimum absolute atomic E-state index is 0.743. The molecule has 2 nitrogen and oxygen atoms in total. The highest BCUT2D eigenvalue weighted by Gasteiger charge is 2.25. The van der Waals surface area contributed by atoms with E-state index in [4.69, 9.17) is 0 Å². The number of hydrogen-bond donors (Lipinski definition) is 0. The van der Waals surface area contributed by atoms with Crippen LogP contribution in [0.5, 0.6) is 0 Å². The Hall–Kier alpha value is 0.780. The van der Waals surface area contributed by atoms with E-state index in [1.807, 2.05) is 0 Å². The molecule has 11 heavy (non-hydrogen) atoms. The Morgan fingerprint density at radius 2 is 1.82 bits per heavy atom. The van der Waals surface area contributed by atoms with Crippen LogP contribution in [0.4, 0.5) is 0 Å². The van der Waals surface area contributed by atoms with Crippen molar-refractivity contribution in [1.82, 2.24) is 0 Å². The van der Waals surface area contributed by atoms with Crippen molar-refractivity contribution in [2.75, 3.05) is 41.1 Å². The summed E-state index contributed by atoms with van der Waals surface area (Å²) >= 11 is 2.56. The van der Waals surface area contributed by atoms with Gasteiger partial charge in [0.1, 0.15) is 0 Å². The van der Waals surface area contributed by atoms with Crippen LogP contribution in [0.1, 0.15) is 0 Å². The maximum atomic E-state index is 2.56. The van der Waals surface area contributed by atoms with E-state index in [9.17, 15) is 0 Å². The topological polar surface area (TPSA) is 0 Å². The number of rotatable bonds is 0. The van der Waals surface area contributed by atoms with E-state index in [1.54, 1.807) is 0 Å². The summed E-state index contributed by atoms with van der Waals surface area (Å²) in [5.41, 5.74) is 0. The SMILES string of the molecule is C[N+]1(C)[B-]C[N+](C)(C)[B-](I)C1. The molecule has 1 heterocycles. The normalized spacial score (nSPS) is 30.3. The molecular weight excluding hydrogens is 249 g/mol. The van der Waals surface area contributed by atoms with Gasteiger partial charge in [-0.3, -0.25) is 22.4 Å². The predicted molar refractivity (Wildman–Crippen MR) is 59.5 cm³/mol. The van der Waals surface area contributed by atoms with Gasteiger partial charge in [-0.2, -0.15) is 0 Å². The fourth-order valence-electron chi connectivity index (χ4n) is 1.23. The zero-order valence-electron chi connectivity index (χ0n) is 7.84. The Morgan fingerprint density at radius 3 is 2.18 bits per heavy atom. The lowest BCUT2D eigenvalue weighted by Gasteiger charge is -2.62. The van der Waals surface area contributed by atoms with Crippen molar-refractivity contribution in [2.24, 2.45) is 0 Å². The molecule has 0 bridgehead atoms. The van der Waals surface area contributed by atoms with Crippen LogP contribution < -0.4 is 0 Å². The van der Waals surface area contributed by atoms with E-state index in [-0.39, 0.29) is 0 Å². The molecule has 63 valence electrons. The number of quaternary nitrogens is 2. The maximum absolute atomic E-state index is 2.56. The summed E-state index contributed by atoms with van der Waals surface area (Å²) < 4.78 is 2.94. The molecule has 0 aliphatic carbocycles. The molecule has 1 saturated heterocycles. The molecule has 0 aromatic carbocycles. The molecule has 0 aromatic heterocycles. The van der Waals surface area contributed by atoms with Gasteiger partial charge in [0.15, 0.2) is 0 Å². The number of halogens is 1. The molecule has 0 amide bonds. The van der Waals surface area contributed by atoms with Gasteiger partial charge in [0, 0.05) is 28.2 Å². The van der Waals surface area contributed by atoms with Gasteiger partial charge in [-0.1, -0.05) is 6.44 Å². The Labute approximate surface area is 84.3 Å². The minimum atomic E-state index is 0.743. The van der Waals surface area contributed by atoms with Crippen molar-refractivity contribution in [2.45, 2.75) is 0 Å². The molecule has 0 spiro atoms. The third-order valence-corrected chi connectivity index (χ3v) is 4.33. The molecule has 1 fully saturated rings. The first-order chi connectivity index (χ1) is 4.83. The van der Waals surface area contributed by atoms with Gasteiger partial charge in [0.05, 0.1) is 7.41 Å². The minimum Gasteiger partial charge on any atom is -0.587 e. The molecule has 0 unspecified atom stereocenters. The summed E-state index contributed by atoms with van der Waals surface area (Å²) in [5.74, 6) is 0. The molecule has 3 radical (unpaired) electrons. The van der Waals surface area contributed by atoms with Crippen LogP contribution in [-0.2, 0) is 0 Å². The highest BCUT2D eigenvalue weighted by atomic mass is 127. The van der Waals surface area contributed by atoms with Crippen LogP contribution >= 0.6 is 22.4 Å². The van der Waals surface area contributed by atoms with E-state index in [0.29, 0.717) is 0 Å². The average Bonchev–Trinajstić information content (AvgIpc) is 1.81. The molecule has 1 rings (SSSR count). The highest BCUT2D eigenvalue weighted by Crippen LogP contribution is 2.17. The standard InChI is InChI=1S/C6H16B2IN2/c1-10(2)6-8(9)11(3,4)5-7-10/h5-6H2,1-4H3. The first-order valence-corrected chi connectivity index (χ1v) is 5.22. The molecule has 0 atom stereocenters. The fraction of sp³-hybridized carbons (Fsp3) is 1.00. The molecule has 0 N–H and O–H groups in total. The van der Waals surface area contributed by atoms with Crippen LogP contribution in [-0.4, -0.2) is 62.0 Å². The maximum Gasteiger partial charge on any atom is 0.248 e. The second-order valence-electron chi connectivity index (χ2n) is 4.54. The van der Waals surface area contributed by atoms with Crippen LogP contribution in [0, 0.1) is 0 Å². The first-order valence-electron chi connectivity index (χ1n) is 3.97. The van der Waals surface area contributed by atoms with Crippen LogP contribution in [0.15, 0.2) is 0 Å². The van der Waals surface area contributed by atoms with E-state index < -0.39 is 0 Å². The molecule has 0 saturated carbocycles. The van der Waals surface area contributed by atoms with Crippen molar-refractivity contribution in [1.29, 1.82) is 0 Å². The summed E-state index contributed by atoms with van der Waals surface area (Å²) in [6, 6.07) is 0. The molecule has 1 aliphatic rings. The molecular formula is C6H16B2IN2. The van der Waals surface area contributed by atoms with Crippen molar-refractivity contribution in [3.63, 3.8) is 0 Å². The molecule has 0 aromatic rings. The Balaban J connectivity index is 2.63. The van der Waals surface area contributed by atoms with Crippen LogP contribution in [0.3, 0.4) is 0 Å². The van der Waals surface area contributed by atoms with Gasteiger partial charge >= 0.3 is 0 Å².